The van der Waals surface area contributed by atoms with Gasteiger partial charge in [0.15, 0.2) is 0 Å². The number of hydrogen-bond acceptors (Lipinski definition) is 2. The summed E-state index contributed by atoms with van der Waals surface area (Å²) in [6, 6.07) is 4.07. The summed E-state index contributed by atoms with van der Waals surface area (Å²) >= 11 is 0. The predicted molar refractivity (Wildman–Crippen MR) is 134 cm³/mol. The maximum Gasteiger partial charge on any atom is 0.417 e. The van der Waals surface area contributed by atoms with Gasteiger partial charge in [-0.25, -0.2) is 20.2 Å². The molecule has 0 fully saturated rings. The Morgan fingerprint density at radius 1 is 0.478 bits per heavy atom. The molecule has 0 spiro atoms. The molecule has 0 bridgehead atoms. The zero-order chi connectivity index (χ0) is 34.3. The van der Waals surface area contributed by atoms with Gasteiger partial charge in [0.1, 0.15) is 0 Å². The standard InChI is InChI=1S/C30H6F12N4/c1-45-21(9-43)25-15-7-14-16(8-13(15)23-17(25)3-11(27(31,32)33)5-19(23)29(37,38)39)26(22(10-44)46-2)18-4-12(28(34,35)36)6-20(24(14)18)30(40,41)42/h3-8H/b25-21-,26-22+. The number of hydrogen-bond donors (Lipinski definition) is 0. The largest absolute Gasteiger partial charge is 0.417 e. The molecule has 3 aromatic rings. The van der Waals surface area contributed by atoms with Gasteiger partial charge in [-0.05, 0) is 69.8 Å². The van der Waals surface area contributed by atoms with Gasteiger partial charge in [-0.2, -0.15) is 52.7 Å². The van der Waals surface area contributed by atoms with Crippen molar-refractivity contribution in [1.29, 1.82) is 10.5 Å². The van der Waals surface area contributed by atoms with Crippen LogP contribution in [0.4, 0.5) is 52.7 Å². The van der Waals surface area contributed by atoms with Crippen LogP contribution in [0.25, 0.3) is 43.1 Å². The number of halogens is 12. The van der Waals surface area contributed by atoms with Crippen molar-refractivity contribution < 1.29 is 52.7 Å². The minimum Gasteiger partial charge on any atom is -0.226 e. The topological polar surface area (TPSA) is 56.3 Å². The number of nitrogens with zero attached hydrogens (tertiary/aromatic N) is 4. The van der Waals surface area contributed by atoms with Gasteiger partial charge in [-0.15, -0.1) is 0 Å². The van der Waals surface area contributed by atoms with Crippen LogP contribution in [0.3, 0.4) is 0 Å². The number of allylic oxidation sites excluding steroid dienone is 2. The first-order chi connectivity index (χ1) is 21.2. The van der Waals surface area contributed by atoms with E-state index < -0.39 is 114 Å². The third kappa shape index (κ3) is 4.70. The molecule has 46 heavy (non-hydrogen) atoms. The lowest BCUT2D eigenvalue weighted by molar-refractivity contribution is -0.144. The van der Waals surface area contributed by atoms with Crippen LogP contribution in [0.5, 0.6) is 0 Å². The van der Waals surface area contributed by atoms with Crippen LogP contribution in [-0.2, 0) is 24.7 Å². The highest BCUT2D eigenvalue weighted by atomic mass is 19.4. The Hall–Kier alpha value is -5.74. The summed E-state index contributed by atoms with van der Waals surface area (Å²) in [4.78, 5) is 5.76. The summed E-state index contributed by atoms with van der Waals surface area (Å²) in [7, 11) is 0. The molecule has 0 saturated carbocycles. The summed E-state index contributed by atoms with van der Waals surface area (Å²) in [6.07, 6.45) is -21.8. The molecule has 230 valence electrons. The van der Waals surface area contributed by atoms with Crippen molar-refractivity contribution in [3.05, 3.63) is 115 Å². The van der Waals surface area contributed by atoms with Gasteiger partial charge in [-0.3, -0.25) is 0 Å². The minimum atomic E-state index is -5.51. The second kappa shape index (κ2) is 9.88. The van der Waals surface area contributed by atoms with E-state index in [0.717, 1.165) is 0 Å². The SMILES string of the molecule is [C-]#[N+]/C(C#N)=C1/c2cc3c(cc2-c2c1cc(C(F)(F)F)cc2C(F)(F)F)/C(=C(/C#N)[N+]#[C-])c1cc(C(F)(F)F)cc(C(F)(F)F)c1-3. The normalized spacial score (nSPS) is 15.8. The van der Waals surface area contributed by atoms with E-state index in [1.165, 1.54) is 12.1 Å². The van der Waals surface area contributed by atoms with Gasteiger partial charge in [-0.1, -0.05) is 0 Å². The third-order valence-corrected chi connectivity index (χ3v) is 7.22. The van der Waals surface area contributed by atoms with E-state index in [0.29, 0.717) is 12.1 Å². The average molecular weight is 650 g/mol. The Labute approximate surface area is 249 Å². The minimum absolute atomic E-state index is 0.231. The van der Waals surface area contributed by atoms with Crippen LogP contribution < -0.4 is 0 Å². The first-order valence-electron chi connectivity index (χ1n) is 12.1. The van der Waals surface area contributed by atoms with Gasteiger partial charge in [0.05, 0.1) is 47.5 Å². The molecule has 0 amide bonds. The molecule has 5 rings (SSSR count). The van der Waals surface area contributed by atoms with E-state index in [-0.39, 0.29) is 24.3 Å². The molecule has 3 aromatic carbocycles. The summed E-state index contributed by atoms with van der Waals surface area (Å²) in [5.74, 6) is 0. The maximum absolute atomic E-state index is 14.3. The van der Waals surface area contributed by atoms with Crippen molar-refractivity contribution in [3.63, 3.8) is 0 Å². The molecule has 2 aliphatic carbocycles. The number of benzene rings is 3. The second-order valence-corrected chi connectivity index (χ2v) is 9.72. The van der Waals surface area contributed by atoms with Crippen LogP contribution in [-0.4, -0.2) is 0 Å². The highest BCUT2D eigenvalue weighted by molar-refractivity contribution is 6.11. The fourth-order valence-corrected chi connectivity index (χ4v) is 5.53. The summed E-state index contributed by atoms with van der Waals surface area (Å²) in [6.45, 7) is 14.7. The fourth-order valence-electron chi connectivity index (χ4n) is 5.53. The van der Waals surface area contributed by atoms with Gasteiger partial charge >= 0.3 is 24.7 Å². The monoisotopic (exact) mass is 650 g/mol. The lowest BCUT2D eigenvalue weighted by Crippen LogP contribution is -2.13. The van der Waals surface area contributed by atoms with Gasteiger partial charge < -0.3 is 0 Å². The Balaban J connectivity index is 2.05. The second-order valence-electron chi connectivity index (χ2n) is 9.72. The highest BCUT2D eigenvalue weighted by Gasteiger charge is 2.46. The number of alkyl halides is 12. The molecule has 0 aliphatic heterocycles. The summed E-state index contributed by atoms with van der Waals surface area (Å²) in [5.41, 5.74) is -17.5. The zero-order valence-corrected chi connectivity index (χ0v) is 21.8. The van der Waals surface area contributed by atoms with E-state index >= 15 is 0 Å². The number of fused-ring (bicyclic) bond motifs is 6. The lowest BCUT2D eigenvalue weighted by atomic mass is 9.92. The van der Waals surface area contributed by atoms with Crippen molar-refractivity contribution in [2.24, 2.45) is 0 Å². The van der Waals surface area contributed by atoms with E-state index in [2.05, 4.69) is 9.69 Å². The van der Waals surface area contributed by atoms with Crippen molar-refractivity contribution in [1.82, 2.24) is 0 Å². The van der Waals surface area contributed by atoms with E-state index in [1.54, 1.807) is 0 Å². The first-order valence-corrected chi connectivity index (χ1v) is 12.1. The van der Waals surface area contributed by atoms with Gasteiger partial charge in [0, 0.05) is 22.3 Å². The van der Waals surface area contributed by atoms with Crippen molar-refractivity contribution in [2.45, 2.75) is 24.7 Å². The van der Waals surface area contributed by atoms with E-state index in [9.17, 15) is 63.2 Å². The molecule has 0 heterocycles. The molecule has 0 radical (unpaired) electrons. The lowest BCUT2D eigenvalue weighted by Gasteiger charge is -2.17. The number of nitriles is 2. The molecular formula is C30H6F12N4. The highest BCUT2D eigenvalue weighted by Crippen LogP contribution is 2.59. The Morgan fingerprint density at radius 3 is 1.04 bits per heavy atom. The Morgan fingerprint density at radius 2 is 0.804 bits per heavy atom. The molecule has 0 aromatic heterocycles. The number of rotatable bonds is 0. The molecule has 0 atom stereocenters. The molecule has 2 aliphatic rings. The average Bonchev–Trinajstić information content (AvgIpc) is 3.43. The van der Waals surface area contributed by atoms with E-state index in [1.807, 2.05) is 0 Å². The maximum atomic E-state index is 14.3. The summed E-state index contributed by atoms with van der Waals surface area (Å²) in [5, 5.41) is 19.2. The predicted octanol–water partition coefficient (Wildman–Crippen LogP) is 10.1. The van der Waals surface area contributed by atoms with Gasteiger partial charge in [0.2, 0.25) is 0 Å². The van der Waals surface area contributed by atoms with Crippen LogP contribution in [0.15, 0.2) is 47.8 Å². The molecule has 0 unspecified atom stereocenters. The molecule has 4 nitrogen and oxygen atoms in total. The molecular weight excluding hydrogens is 644 g/mol. The van der Waals surface area contributed by atoms with Gasteiger partial charge in [0.25, 0.3) is 11.4 Å². The van der Waals surface area contributed by atoms with Crippen molar-refractivity contribution in [2.75, 3.05) is 0 Å². The Kier molecular flexibility index (Phi) is 6.81. The quantitative estimate of drug-likeness (QED) is 0.0952. The summed E-state index contributed by atoms with van der Waals surface area (Å²) < 4.78 is 168. The third-order valence-electron chi connectivity index (χ3n) is 7.22. The smallest absolute Gasteiger partial charge is 0.226 e. The first kappa shape index (κ1) is 31.7. The fraction of sp³-hybridized carbons (Fsp3) is 0.133. The van der Waals surface area contributed by atoms with E-state index in [4.69, 9.17) is 13.1 Å². The van der Waals surface area contributed by atoms with Crippen molar-refractivity contribution >= 4 is 11.1 Å². The molecule has 0 N–H and O–H groups in total. The molecule has 16 heteroatoms. The molecule has 0 saturated heterocycles. The van der Waals surface area contributed by atoms with Crippen molar-refractivity contribution in [3.8, 4) is 34.4 Å². The zero-order valence-electron chi connectivity index (χ0n) is 21.8. The van der Waals surface area contributed by atoms with Crippen LogP contribution in [0.2, 0.25) is 0 Å². The Bertz CT molecular complexity index is 1940. The van der Waals surface area contributed by atoms with Crippen LogP contribution >= 0.6 is 0 Å². The van der Waals surface area contributed by atoms with Crippen LogP contribution in [0.1, 0.15) is 44.5 Å². The van der Waals surface area contributed by atoms with Crippen LogP contribution in [0, 0.1) is 35.8 Å².